The molecule has 0 heterocycles. The zero-order valence-corrected chi connectivity index (χ0v) is 12.3. The number of hydrogen-bond donors (Lipinski definition) is 1. The molecule has 0 atom stereocenters. The molecular weight excluding hydrogens is 206 g/mol. The van der Waals surface area contributed by atoms with E-state index in [1.165, 1.54) is 77.0 Å². The van der Waals surface area contributed by atoms with Gasteiger partial charge in [0.15, 0.2) is 0 Å². The van der Waals surface area contributed by atoms with Crippen LogP contribution < -0.4 is 5.73 Å². The normalized spacial score (nSPS) is 11.3. The Hall–Kier alpha value is -0.0400. The third kappa shape index (κ3) is 12.2. The van der Waals surface area contributed by atoms with Crippen molar-refractivity contribution in [1.29, 1.82) is 0 Å². The first-order chi connectivity index (χ1) is 8.35. The molecule has 0 bridgehead atoms. The van der Waals surface area contributed by atoms with Gasteiger partial charge in [0.05, 0.1) is 0 Å². The maximum absolute atomic E-state index is 5.63. The van der Waals surface area contributed by atoms with E-state index in [9.17, 15) is 0 Å². The van der Waals surface area contributed by atoms with Crippen molar-refractivity contribution in [2.75, 3.05) is 6.54 Å². The van der Waals surface area contributed by atoms with E-state index in [0.717, 1.165) is 12.5 Å². The lowest BCUT2D eigenvalue weighted by Crippen LogP contribution is -2.06. The fourth-order valence-electron chi connectivity index (χ4n) is 2.56. The summed E-state index contributed by atoms with van der Waals surface area (Å²) in [6.45, 7) is 5.45. The van der Waals surface area contributed by atoms with E-state index in [1.54, 1.807) is 0 Å². The largest absolute Gasteiger partial charge is 0.330 e. The van der Waals surface area contributed by atoms with E-state index in [1.807, 2.05) is 0 Å². The molecule has 0 aliphatic rings. The van der Waals surface area contributed by atoms with Gasteiger partial charge in [-0.05, 0) is 25.3 Å². The highest BCUT2D eigenvalue weighted by atomic mass is 14.5. The minimum absolute atomic E-state index is 0.875. The Morgan fingerprint density at radius 2 is 1.12 bits per heavy atom. The standard InChI is InChI=1S/C16H35N/c1-3-5-7-9-12-16(14-11-15-17)13-10-8-6-4-2/h16H,3-15,17H2,1-2H3. The van der Waals surface area contributed by atoms with Crippen LogP contribution in [-0.4, -0.2) is 6.54 Å². The molecular formula is C16H35N. The molecule has 2 N–H and O–H groups in total. The first-order valence-corrected chi connectivity index (χ1v) is 8.05. The van der Waals surface area contributed by atoms with Crippen LogP contribution >= 0.6 is 0 Å². The molecule has 0 aliphatic carbocycles. The van der Waals surface area contributed by atoms with Gasteiger partial charge in [-0.3, -0.25) is 0 Å². The van der Waals surface area contributed by atoms with Crippen molar-refractivity contribution in [2.45, 2.75) is 90.9 Å². The van der Waals surface area contributed by atoms with Crippen LogP contribution in [0.3, 0.4) is 0 Å². The van der Waals surface area contributed by atoms with Crippen LogP contribution in [0, 0.1) is 5.92 Å². The number of nitrogens with two attached hydrogens (primary N) is 1. The fourth-order valence-corrected chi connectivity index (χ4v) is 2.56. The second-order valence-corrected chi connectivity index (χ2v) is 5.50. The van der Waals surface area contributed by atoms with Crippen LogP contribution in [-0.2, 0) is 0 Å². The molecule has 0 radical (unpaired) electrons. The molecule has 104 valence electrons. The Labute approximate surface area is 110 Å². The first-order valence-electron chi connectivity index (χ1n) is 8.05. The van der Waals surface area contributed by atoms with Crippen LogP contribution in [0.4, 0.5) is 0 Å². The van der Waals surface area contributed by atoms with Gasteiger partial charge in [-0.2, -0.15) is 0 Å². The number of hydrogen-bond acceptors (Lipinski definition) is 1. The summed E-state index contributed by atoms with van der Waals surface area (Å²) in [5.74, 6) is 0.965. The fraction of sp³-hybridized carbons (Fsp3) is 1.00. The summed E-state index contributed by atoms with van der Waals surface area (Å²) >= 11 is 0. The second kappa shape index (κ2) is 14.0. The summed E-state index contributed by atoms with van der Waals surface area (Å²) < 4.78 is 0. The molecule has 17 heavy (non-hydrogen) atoms. The van der Waals surface area contributed by atoms with E-state index < -0.39 is 0 Å². The molecule has 0 fully saturated rings. The van der Waals surface area contributed by atoms with Gasteiger partial charge < -0.3 is 5.73 Å². The van der Waals surface area contributed by atoms with Gasteiger partial charge in [0, 0.05) is 0 Å². The van der Waals surface area contributed by atoms with Gasteiger partial charge in [-0.1, -0.05) is 78.1 Å². The van der Waals surface area contributed by atoms with Crippen molar-refractivity contribution in [3.63, 3.8) is 0 Å². The van der Waals surface area contributed by atoms with Crippen LogP contribution in [0.15, 0.2) is 0 Å². The molecule has 0 unspecified atom stereocenters. The van der Waals surface area contributed by atoms with E-state index in [2.05, 4.69) is 13.8 Å². The van der Waals surface area contributed by atoms with Crippen molar-refractivity contribution in [3.8, 4) is 0 Å². The van der Waals surface area contributed by atoms with E-state index >= 15 is 0 Å². The summed E-state index contributed by atoms with van der Waals surface area (Å²) in [5.41, 5.74) is 5.63. The van der Waals surface area contributed by atoms with E-state index in [4.69, 9.17) is 5.73 Å². The third-order valence-electron chi connectivity index (χ3n) is 3.75. The second-order valence-electron chi connectivity index (χ2n) is 5.50. The van der Waals surface area contributed by atoms with Crippen LogP contribution in [0.5, 0.6) is 0 Å². The quantitative estimate of drug-likeness (QED) is 0.436. The average molecular weight is 241 g/mol. The van der Waals surface area contributed by atoms with Crippen LogP contribution in [0.25, 0.3) is 0 Å². The maximum Gasteiger partial charge on any atom is -0.00772 e. The predicted octanol–water partition coefficient (Wildman–Crippen LogP) is 5.28. The van der Waals surface area contributed by atoms with Crippen molar-refractivity contribution in [2.24, 2.45) is 11.7 Å². The molecule has 0 aliphatic heterocycles. The molecule has 0 aromatic carbocycles. The van der Waals surface area contributed by atoms with Crippen molar-refractivity contribution < 1.29 is 0 Å². The third-order valence-corrected chi connectivity index (χ3v) is 3.75. The Morgan fingerprint density at radius 1 is 0.647 bits per heavy atom. The number of rotatable bonds is 13. The molecule has 0 saturated heterocycles. The smallest absolute Gasteiger partial charge is 0.00772 e. The van der Waals surface area contributed by atoms with E-state index in [-0.39, 0.29) is 0 Å². The molecule has 0 rings (SSSR count). The van der Waals surface area contributed by atoms with Gasteiger partial charge >= 0.3 is 0 Å². The lowest BCUT2D eigenvalue weighted by molar-refractivity contribution is 0.376. The van der Waals surface area contributed by atoms with E-state index in [0.29, 0.717) is 0 Å². The lowest BCUT2D eigenvalue weighted by atomic mass is 9.90. The summed E-state index contributed by atoms with van der Waals surface area (Å²) in [4.78, 5) is 0. The highest BCUT2D eigenvalue weighted by Gasteiger charge is 2.07. The van der Waals surface area contributed by atoms with Crippen molar-refractivity contribution >= 4 is 0 Å². The molecule has 0 aromatic heterocycles. The minimum Gasteiger partial charge on any atom is -0.330 e. The zero-order chi connectivity index (χ0) is 12.8. The van der Waals surface area contributed by atoms with Crippen molar-refractivity contribution in [3.05, 3.63) is 0 Å². The zero-order valence-electron chi connectivity index (χ0n) is 12.3. The molecule has 1 heteroatoms. The predicted molar refractivity (Wildman–Crippen MR) is 79.3 cm³/mol. The van der Waals surface area contributed by atoms with Crippen LogP contribution in [0.1, 0.15) is 90.9 Å². The Morgan fingerprint density at radius 3 is 1.53 bits per heavy atom. The maximum atomic E-state index is 5.63. The molecule has 0 saturated carbocycles. The Kier molecular flexibility index (Phi) is 14.0. The Balaban J connectivity index is 3.56. The lowest BCUT2D eigenvalue weighted by Gasteiger charge is -2.16. The summed E-state index contributed by atoms with van der Waals surface area (Å²) in [6, 6.07) is 0. The molecule has 0 aromatic rings. The highest BCUT2D eigenvalue weighted by Crippen LogP contribution is 2.22. The SMILES string of the molecule is CCCCCCC(CCCN)CCCCCC. The van der Waals surface area contributed by atoms with Gasteiger partial charge in [0.25, 0.3) is 0 Å². The Bertz CT molecular complexity index is 121. The summed E-state index contributed by atoms with van der Waals surface area (Å²) in [6.07, 6.45) is 16.8. The van der Waals surface area contributed by atoms with Gasteiger partial charge in [-0.15, -0.1) is 0 Å². The molecule has 1 nitrogen and oxygen atoms in total. The van der Waals surface area contributed by atoms with Crippen molar-refractivity contribution in [1.82, 2.24) is 0 Å². The number of unbranched alkanes of at least 4 members (excludes halogenated alkanes) is 6. The summed E-state index contributed by atoms with van der Waals surface area (Å²) in [5, 5.41) is 0. The van der Waals surface area contributed by atoms with Gasteiger partial charge in [0.2, 0.25) is 0 Å². The monoisotopic (exact) mass is 241 g/mol. The van der Waals surface area contributed by atoms with Gasteiger partial charge in [-0.25, -0.2) is 0 Å². The average Bonchev–Trinajstić information content (AvgIpc) is 2.35. The highest BCUT2D eigenvalue weighted by molar-refractivity contribution is 4.61. The van der Waals surface area contributed by atoms with Crippen LogP contribution in [0.2, 0.25) is 0 Å². The molecule has 0 spiro atoms. The summed E-state index contributed by atoms with van der Waals surface area (Å²) in [7, 11) is 0. The van der Waals surface area contributed by atoms with Gasteiger partial charge in [0.1, 0.15) is 0 Å². The first kappa shape index (κ1) is 17.0. The topological polar surface area (TPSA) is 26.0 Å². The molecule has 0 amide bonds. The minimum atomic E-state index is 0.875.